The molecule has 2 rings (SSSR count). The number of hydrogen-bond acceptors (Lipinski definition) is 3. The number of carboxylic acid groups (broad SMARTS) is 1. The largest absolute Gasteiger partial charge is 0.480 e. The molecule has 1 aromatic heterocycles. The van der Waals surface area contributed by atoms with E-state index in [1.54, 1.807) is 19.4 Å². The second-order valence-electron chi connectivity index (χ2n) is 5.52. The zero-order valence-electron chi connectivity index (χ0n) is 12.5. The van der Waals surface area contributed by atoms with Gasteiger partial charge in [-0.25, -0.2) is 14.6 Å². The van der Waals surface area contributed by atoms with E-state index in [2.05, 4.69) is 16.9 Å². The molecule has 1 aliphatic rings. The van der Waals surface area contributed by atoms with E-state index < -0.39 is 12.0 Å². The number of carbonyl (C=O) groups excluding carboxylic acids is 1. The highest BCUT2D eigenvalue weighted by atomic mass is 16.4. The monoisotopic (exact) mass is 294 g/mol. The van der Waals surface area contributed by atoms with E-state index in [1.165, 1.54) is 9.80 Å². The number of rotatable bonds is 4. The highest BCUT2D eigenvalue weighted by Gasteiger charge is 2.36. The Labute approximate surface area is 124 Å². The quantitative estimate of drug-likeness (QED) is 0.881. The first-order chi connectivity index (χ1) is 10.0. The number of amides is 2. The predicted octanol–water partition coefficient (Wildman–Crippen LogP) is 1.54. The van der Waals surface area contributed by atoms with E-state index >= 15 is 0 Å². The molecule has 0 saturated carbocycles. The molecule has 2 unspecified atom stereocenters. The molecule has 0 radical (unpaired) electrons. The average Bonchev–Trinajstić information content (AvgIpc) is 2.98. The van der Waals surface area contributed by atoms with Crippen LogP contribution in [0, 0.1) is 5.92 Å². The summed E-state index contributed by atoms with van der Waals surface area (Å²) < 4.78 is 0. The van der Waals surface area contributed by atoms with Crippen LogP contribution < -0.4 is 0 Å². The van der Waals surface area contributed by atoms with Crippen molar-refractivity contribution in [1.29, 1.82) is 0 Å². The van der Waals surface area contributed by atoms with Crippen LogP contribution in [-0.2, 0) is 11.3 Å². The number of carbonyl (C=O) groups is 2. The van der Waals surface area contributed by atoms with E-state index in [1.807, 2.05) is 0 Å². The number of aromatic amines is 1. The molecule has 1 aliphatic heterocycles. The molecular formula is C14H22N4O3. The topological polar surface area (TPSA) is 89.5 Å². The van der Waals surface area contributed by atoms with Gasteiger partial charge in [0.2, 0.25) is 0 Å². The van der Waals surface area contributed by atoms with Gasteiger partial charge < -0.3 is 19.9 Å². The summed E-state index contributed by atoms with van der Waals surface area (Å²) in [7, 11) is 1.66. The predicted molar refractivity (Wildman–Crippen MR) is 76.6 cm³/mol. The van der Waals surface area contributed by atoms with Gasteiger partial charge in [-0.15, -0.1) is 0 Å². The molecule has 1 fully saturated rings. The minimum absolute atomic E-state index is 0.256. The Morgan fingerprint density at radius 3 is 2.90 bits per heavy atom. The van der Waals surface area contributed by atoms with Crippen LogP contribution in [0.2, 0.25) is 0 Å². The van der Waals surface area contributed by atoms with Gasteiger partial charge in [-0.05, 0) is 18.8 Å². The maximum absolute atomic E-state index is 12.5. The summed E-state index contributed by atoms with van der Waals surface area (Å²) >= 11 is 0. The fourth-order valence-electron chi connectivity index (χ4n) is 2.77. The molecule has 7 nitrogen and oxygen atoms in total. The summed E-state index contributed by atoms with van der Waals surface area (Å²) in [5.74, 6) is 0.139. The number of hydrogen-bond donors (Lipinski definition) is 2. The summed E-state index contributed by atoms with van der Waals surface area (Å²) in [4.78, 5) is 33.9. The van der Waals surface area contributed by atoms with E-state index in [4.69, 9.17) is 0 Å². The molecule has 0 spiro atoms. The molecule has 116 valence electrons. The highest BCUT2D eigenvalue weighted by molar-refractivity contribution is 5.82. The van der Waals surface area contributed by atoms with Crippen LogP contribution in [0.4, 0.5) is 4.79 Å². The lowest BCUT2D eigenvalue weighted by atomic mass is 9.89. The maximum Gasteiger partial charge on any atom is 0.326 e. The van der Waals surface area contributed by atoms with Gasteiger partial charge in [-0.2, -0.15) is 0 Å². The van der Waals surface area contributed by atoms with E-state index in [-0.39, 0.29) is 6.03 Å². The summed E-state index contributed by atoms with van der Waals surface area (Å²) in [5.41, 5.74) is 0. The van der Waals surface area contributed by atoms with Crippen LogP contribution >= 0.6 is 0 Å². The Hall–Kier alpha value is -2.05. The van der Waals surface area contributed by atoms with E-state index in [9.17, 15) is 14.7 Å². The first kappa shape index (κ1) is 15.3. The molecule has 1 aromatic rings. The molecule has 0 aliphatic carbocycles. The number of nitrogens with zero attached hydrogens (tertiary/aromatic N) is 3. The number of nitrogens with one attached hydrogen (secondary N) is 1. The van der Waals surface area contributed by atoms with Crippen molar-refractivity contribution in [2.75, 3.05) is 13.6 Å². The second-order valence-corrected chi connectivity index (χ2v) is 5.52. The molecule has 2 N–H and O–H groups in total. The highest BCUT2D eigenvalue weighted by Crippen LogP contribution is 2.26. The van der Waals surface area contributed by atoms with Crippen molar-refractivity contribution in [3.63, 3.8) is 0 Å². The third-order valence-corrected chi connectivity index (χ3v) is 4.09. The third kappa shape index (κ3) is 3.53. The smallest absolute Gasteiger partial charge is 0.326 e. The van der Waals surface area contributed by atoms with Gasteiger partial charge in [0, 0.05) is 26.0 Å². The molecule has 2 atom stereocenters. The maximum atomic E-state index is 12.5. The number of aromatic nitrogens is 2. The number of aliphatic carboxylic acids is 1. The van der Waals surface area contributed by atoms with Crippen LogP contribution in [0.3, 0.4) is 0 Å². The average molecular weight is 294 g/mol. The Morgan fingerprint density at radius 2 is 2.33 bits per heavy atom. The molecule has 1 saturated heterocycles. The Morgan fingerprint density at radius 1 is 1.57 bits per heavy atom. The summed E-state index contributed by atoms with van der Waals surface area (Å²) in [5, 5.41) is 9.38. The van der Waals surface area contributed by atoms with Crippen molar-refractivity contribution in [2.24, 2.45) is 5.92 Å². The van der Waals surface area contributed by atoms with Crippen molar-refractivity contribution >= 4 is 12.0 Å². The van der Waals surface area contributed by atoms with E-state index in [0.29, 0.717) is 31.3 Å². The van der Waals surface area contributed by atoms with Gasteiger partial charge >= 0.3 is 12.0 Å². The first-order valence-corrected chi connectivity index (χ1v) is 7.25. The molecule has 21 heavy (non-hydrogen) atoms. The Kier molecular flexibility index (Phi) is 4.82. The van der Waals surface area contributed by atoms with Crippen LogP contribution in [-0.4, -0.2) is 56.5 Å². The van der Waals surface area contributed by atoms with Gasteiger partial charge in [0.15, 0.2) is 0 Å². The van der Waals surface area contributed by atoms with Gasteiger partial charge in [-0.3, -0.25) is 0 Å². The lowest BCUT2D eigenvalue weighted by Crippen LogP contribution is -2.53. The summed E-state index contributed by atoms with van der Waals surface area (Å²) in [6, 6.07) is -0.983. The van der Waals surface area contributed by atoms with Crippen LogP contribution in [0.25, 0.3) is 0 Å². The molecule has 0 aromatic carbocycles. The van der Waals surface area contributed by atoms with Crippen molar-refractivity contribution < 1.29 is 14.7 Å². The molecular weight excluding hydrogens is 272 g/mol. The number of imidazole rings is 1. The van der Waals surface area contributed by atoms with Crippen LogP contribution in [0.1, 0.15) is 32.0 Å². The molecule has 2 heterocycles. The zero-order valence-corrected chi connectivity index (χ0v) is 12.5. The SMILES string of the molecule is CCC1CCN(C(=O)N(C)Cc2ncc[nH]2)C(C(=O)O)C1. The first-order valence-electron chi connectivity index (χ1n) is 7.25. The summed E-state index contributed by atoms with van der Waals surface area (Å²) in [6.45, 7) is 2.90. The minimum Gasteiger partial charge on any atom is -0.480 e. The van der Waals surface area contributed by atoms with Crippen molar-refractivity contribution in [1.82, 2.24) is 19.8 Å². The van der Waals surface area contributed by atoms with Gasteiger partial charge in [0.25, 0.3) is 0 Å². The Bertz CT molecular complexity index is 488. The van der Waals surface area contributed by atoms with Crippen LogP contribution in [0.15, 0.2) is 12.4 Å². The zero-order chi connectivity index (χ0) is 15.4. The lowest BCUT2D eigenvalue weighted by molar-refractivity contribution is -0.144. The van der Waals surface area contributed by atoms with Crippen molar-refractivity contribution in [3.8, 4) is 0 Å². The van der Waals surface area contributed by atoms with Crippen molar-refractivity contribution in [2.45, 2.75) is 38.8 Å². The molecule has 7 heteroatoms. The number of likely N-dealkylation sites (tertiary alicyclic amines) is 1. The number of urea groups is 1. The minimum atomic E-state index is -0.923. The van der Waals surface area contributed by atoms with Crippen molar-refractivity contribution in [3.05, 3.63) is 18.2 Å². The lowest BCUT2D eigenvalue weighted by Gasteiger charge is -2.38. The fourth-order valence-corrected chi connectivity index (χ4v) is 2.77. The number of carboxylic acids is 1. The Balaban J connectivity index is 2.04. The van der Waals surface area contributed by atoms with Gasteiger partial charge in [0.1, 0.15) is 11.9 Å². The van der Waals surface area contributed by atoms with E-state index in [0.717, 1.165) is 12.8 Å². The number of piperidine rings is 1. The molecule has 0 bridgehead atoms. The third-order valence-electron chi connectivity index (χ3n) is 4.09. The summed E-state index contributed by atoms with van der Waals surface area (Å²) in [6.07, 6.45) is 5.67. The van der Waals surface area contributed by atoms with Crippen LogP contribution in [0.5, 0.6) is 0 Å². The standard InChI is InChI=1S/C14H22N4O3/c1-3-10-4-7-18(11(8-10)13(19)20)14(21)17(2)9-12-15-5-6-16-12/h5-6,10-11H,3-4,7-9H2,1-2H3,(H,15,16)(H,19,20). The second kappa shape index (κ2) is 6.60. The van der Waals surface area contributed by atoms with Gasteiger partial charge in [-0.1, -0.05) is 13.3 Å². The number of H-pyrrole nitrogens is 1. The van der Waals surface area contributed by atoms with Gasteiger partial charge in [0.05, 0.1) is 6.54 Å². The normalized spacial score (nSPS) is 22.1. The fraction of sp³-hybridized carbons (Fsp3) is 0.643. The molecule has 2 amide bonds.